The van der Waals surface area contributed by atoms with Crippen LogP contribution in [0.5, 0.6) is 0 Å². The smallest absolute Gasteiger partial charge is 0.332 e. The lowest BCUT2D eigenvalue weighted by Gasteiger charge is -2.29. The van der Waals surface area contributed by atoms with E-state index in [9.17, 15) is 4.79 Å². The first-order valence-corrected chi connectivity index (χ1v) is 6.83. The van der Waals surface area contributed by atoms with Crippen LogP contribution in [-0.2, 0) is 9.53 Å². The summed E-state index contributed by atoms with van der Waals surface area (Å²) in [5.41, 5.74) is 0. The van der Waals surface area contributed by atoms with Crippen LogP contribution in [0.3, 0.4) is 0 Å². The maximum Gasteiger partial charge on any atom is 0.332 e. The number of ether oxygens (including phenoxy) is 1. The van der Waals surface area contributed by atoms with Gasteiger partial charge in [-0.3, -0.25) is 4.90 Å². The highest BCUT2D eigenvalue weighted by Crippen LogP contribution is 2.26. The Morgan fingerprint density at radius 2 is 2.00 bits per heavy atom. The molecule has 1 saturated carbocycles. The van der Waals surface area contributed by atoms with Crippen molar-refractivity contribution in [3.05, 3.63) is 0 Å². The van der Waals surface area contributed by atoms with Gasteiger partial charge in [0.05, 0.1) is 6.10 Å². The monoisotopic (exact) mass is 241 g/mol. The summed E-state index contributed by atoms with van der Waals surface area (Å²) in [4.78, 5) is 13.3. The molecular formula is C13H23NO3. The number of hydrogen-bond acceptors (Lipinski definition) is 3. The predicted molar refractivity (Wildman–Crippen MR) is 65.0 cm³/mol. The largest absolute Gasteiger partial charge is 0.479 e. The second kappa shape index (κ2) is 5.83. The van der Waals surface area contributed by atoms with Crippen molar-refractivity contribution in [1.29, 1.82) is 0 Å². The third-order valence-corrected chi connectivity index (χ3v) is 4.07. The lowest BCUT2D eigenvalue weighted by atomic mass is 10.1. The van der Waals surface area contributed by atoms with E-state index in [1.807, 2.05) is 0 Å². The first kappa shape index (κ1) is 12.8. The van der Waals surface area contributed by atoms with Crippen LogP contribution in [0, 0.1) is 0 Å². The highest BCUT2D eigenvalue weighted by atomic mass is 16.5. The SMILES string of the molecule is CCN(CC1CCC(C(=O)O)O1)C1CCCC1. The van der Waals surface area contributed by atoms with Crippen molar-refractivity contribution in [3.63, 3.8) is 0 Å². The molecule has 1 aliphatic heterocycles. The maximum atomic E-state index is 10.8. The molecule has 2 fully saturated rings. The molecule has 17 heavy (non-hydrogen) atoms. The number of carbonyl (C=O) groups is 1. The molecule has 1 N–H and O–H groups in total. The molecule has 0 radical (unpaired) electrons. The van der Waals surface area contributed by atoms with Crippen LogP contribution in [0.25, 0.3) is 0 Å². The van der Waals surface area contributed by atoms with Gasteiger partial charge in [-0.2, -0.15) is 0 Å². The van der Waals surface area contributed by atoms with E-state index >= 15 is 0 Å². The van der Waals surface area contributed by atoms with Gasteiger partial charge >= 0.3 is 5.97 Å². The molecule has 1 aliphatic carbocycles. The number of rotatable bonds is 5. The number of carboxylic acids is 1. The van der Waals surface area contributed by atoms with Gasteiger partial charge in [0.15, 0.2) is 6.10 Å². The summed E-state index contributed by atoms with van der Waals surface area (Å²) in [6, 6.07) is 0.701. The topological polar surface area (TPSA) is 49.8 Å². The fraction of sp³-hybridized carbons (Fsp3) is 0.923. The minimum atomic E-state index is -0.809. The quantitative estimate of drug-likeness (QED) is 0.798. The highest BCUT2D eigenvalue weighted by Gasteiger charge is 2.32. The number of hydrogen-bond donors (Lipinski definition) is 1. The fourth-order valence-corrected chi connectivity index (χ4v) is 3.09. The first-order chi connectivity index (χ1) is 8.20. The van der Waals surface area contributed by atoms with Crippen LogP contribution in [0.2, 0.25) is 0 Å². The van der Waals surface area contributed by atoms with Crippen molar-refractivity contribution in [2.24, 2.45) is 0 Å². The summed E-state index contributed by atoms with van der Waals surface area (Å²) >= 11 is 0. The Hall–Kier alpha value is -0.610. The standard InChI is InChI=1S/C13H23NO3/c1-2-14(10-5-3-4-6-10)9-11-7-8-12(17-11)13(15)16/h10-12H,2-9H2,1H3,(H,15,16). The molecule has 2 unspecified atom stereocenters. The van der Waals surface area contributed by atoms with Crippen LogP contribution >= 0.6 is 0 Å². The Morgan fingerprint density at radius 3 is 2.53 bits per heavy atom. The molecule has 0 bridgehead atoms. The van der Waals surface area contributed by atoms with Crippen molar-refractivity contribution in [2.75, 3.05) is 13.1 Å². The Bertz CT molecular complexity index is 263. The predicted octanol–water partition coefficient (Wildman–Crippen LogP) is 1.88. The molecule has 2 aliphatic rings. The van der Waals surface area contributed by atoms with Crippen LogP contribution in [0.15, 0.2) is 0 Å². The Balaban J connectivity index is 1.81. The van der Waals surface area contributed by atoms with E-state index in [4.69, 9.17) is 9.84 Å². The molecule has 1 heterocycles. The summed E-state index contributed by atoms with van der Waals surface area (Å²) in [7, 11) is 0. The van der Waals surface area contributed by atoms with Crippen molar-refractivity contribution in [1.82, 2.24) is 4.90 Å². The highest BCUT2D eigenvalue weighted by molar-refractivity contribution is 5.72. The summed E-state index contributed by atoms with van der Waals surface area (Å²) in [5.74, 6) is -0.809. The molecule has 98 valence electrons. The number of likely N-dealkylation sites (N-methyl/N-ethyl adjacent to an activating group) is 1. The number of carboxylic acid groups (broad SMARTS) is 1. The van der Waals surface area contributed by atoms with Crippen molar-refractivity contribution < 1.29 is 14.6 Å². The van der Waals surface area contributed by atoms with Crippen LogP contribution in [-0.4, -0.2) is 47.3 Å². The first-order valence-electron chi connectivity index (χ1n) is 6.83. The molecule has 1 saturated heterocycles. The summed E-state index contributed by atoms with van der Waals surface area (Å²) in [5, 5.41) is 8.90. The Morgan fingerprint density at radius 1 is 1.29 bits per heavy atom. The van der Waals surface area contributed by atoms with Crippen LogP contribution in [0.4, 0.5) is 0 Å². The summed E-state index contributed by atoms with van der Waals surface area (Å²) < 4.78 is 5.57. The number of nitrogens with zero attached hydrogens (tertiary/aromatic N) is 1. The Labute approximate surface area is 103 Å². The van der Waals surface area contributed by atoms with Gasteiger partial charge < -0.3 is 9.84 Å². The van der Waals surface area contributed by atoms with Gasteiger partial charge in [0.2, 0.25) is 0 Å². The third kappa shape index (κ3) is 3.19. The van der Waals surface area contributed by atoms with E-state index in [0.717, 1.165) is 19.5 Å². The van der Waals surface area contributed by atoms with E-state index in [-0.39, 0.29) is 6.10 Å². The zero-order chi connectivity index (χ0) is 12.3. The van der Waals surface area contributed by atoms with Gasteiger partial charge in [-0.05, 0) is 32.2 Å². The average Bonchev–Trinajstić information content (AvgIpc) is 2.96. The lowest BCUT2D eigenvalue weighted by Crippen LogP contribution is -2.39. The van der Waals surface area contributed by atoms with Gasteiger partial charge in [-0.15, -0.1) is 0 Å². The molecule has 4 nitrogen and oxygen atoms in total. The molecule has 0 amide bonds. The van der Waals surface area contributed by atoms with E-state index in [2.05, 4.69) is 11.8 Å². The van der Waals surface area contributed by atoms with Gasteiger partial charge in [0.25, 0.3) is 0 Å². The van der Waals surface area contributed by atoms with E-state index in [1.165, 1.54) is 25.7 Å². The van der Waals surface area contributed by atoms with Gasteiger partial charge in [0, 0.05) is 12.6 Å². The minimum absolute atomic E-state index is 0.122. The van der Waals surface area contributed by atoms with Gasteiger partial charge in [0.1, 0.15) is 0 Å². The van der Waals surface area contributed by atoms with E-state index < -0.39 is 12.1 Å². The second-order valence-electron chi connectivity index (χ2n) is 5.19. The van der Waals surface area contributed by atoms with E-state index in [0.29, 0.717) is 12.5 Å². The van der Waals surface area contributed by atoms with Crippen LogP contribution < -0.4 is 0 Å². The summed E-state index contributed by atoms with van der Waals surface area (Å²) in [6.45, 7) is 4.13. The number of aliphatic carboxylic acids is 1. The zero-order valence-corrected chi connectivity index (χ0v) is 10.6. The second-order valence-corrected chi connectivity index (χ2v) is 5.19. The molecule has 0 aromatic heterocycles. The molecule has 4 heteroatoms. The molecule has 0 aromatic carbocycles. The molecule has 2 rings (SSSR count). The van der Waals surface area contributed by atoms with Gasteiger partial charge in [-0.25, -0.2) is 4.79 Å². The maximum absolute atomic E-state index is 10.8. The third-order valence-electron chi connectivity index (χ3n) is 4.07. The van der Waals surface area contributed by atoms with Gasteiger partial charge in [-0.1, -0.05) is 19.8 Å². The minimum Gasteiger partial charge on any atom is -0.479 e. The molecular weight excluding hydrogens is 218 g/mol. The Kier molecular flexibility index (Phi) is 4.40. The van der Waals surface area contributed by atoms with Crippen molar-refractivity contribution in [3.8, 4) is 0 Å². The lowest BCUT2D eigenvalue weighted by molar-refractivity contribution is -0.149. The molecule has 0 aromatic rings. The normalized spacial score (nSPS) is 30.2. The van der Waals surface area contributed by atoms with Crippen LogP contribution in [0.1, 0.15) is 45.4 Å². The fourth-order valence-electron chi connectivity index (χ4n) is 3.09. The van der Waals surface area contributed by atoms with Crippen molar-refractivity contribution in [2.45, 2.75) is 63.7 Å². The zero-order valence-electron chi connectivity index (χ0n) is 10.6. The molecule has 2 atom stereocenters. The molecule has 0 spiro atoms. The van der Waals surface area contributed by atoms with Crippen molar-refractivity contribution >= 4 is 5.97 Å². The average molecular weight is 241 g/mol. The summed E-state index contributed by atoms with van der Waals surface area (Å²) in [6.07, 6.45) is 6.38. The van der Waals surface area contributed by atoms with E-state index in [1.54, 1.807) is 0 Å².